The quantitative estimate of drug-likeness (QED) is 0.812. The zero-order valence-corrected chi connectivity index (χ0v) is 11.3. The van der Waals surface area contributed by atoms with Crippen LogP contribution in [0.15, 0.2) is 0 Å². The molecule has 4 atom stereocenters. The fourth-order valence-corrected chi connectivity index (χ4v) is 3.80. The number of ether oxygens (including phenoxy) is 3. The summed E-state index contributed by atoms with van der Waals surface area (Å²) in [6, 6.07) is 0.126. The highest BCUT2D eigenvalue weighted by atomic mass is 16.6. The van der Waals surface area contributed by atoms with Crippen LogP contribution < -0.4 is 5.73 Å². The standard InChI is InChI=1S/C14H25NO3/c1-13(4-2-6-17-13)12(15)11-3-7-18-14(9-11)5-8-16-10-14/h11-12H,2-10,15H2,1H3. The van der Waals surface area contributed by atoms with Gasteiger partial charge in [-0.1, -0.05) is 0 Å². The monoisotopic (exact) mass is 255 g/mol. The summed E-state index contributed by atoms with van der Waals surface area (Å²) >= 11 is 0. The summed E-state index contributed by atoms with van der Waals surface area (Å²) in [5.74, 6) is 0.503. The average molecular weight is 255 g/mol. The van der Waals surface area contributed by atoms with Crippen molar-refractivity contribution in [3.05, 3.63) is 0 Å². The van der Waals surface area contributed by atoms with E-state index >= 15 is 0 Å². The van der Waals surface area contributed by atoms with E-state index in [0.717, 1.165) is 58.5 Å². The summed E-state index contributed by atoms with van der Waals surface area (Å²) in [4.78, 5) is 0. The Labute approximate surface area is 109 Å². The van der Waals surface area contributed by atoms with Gasteiger partial charge in [0.15, 0.2) is 0 Å². The first-order valence-electron chi connectivity index (χ1n) is 7.25. The molecule has 3 aliphatic rings. The lowest BCUT2D eigenvalue weighted by molar-refractivity contribution is -0.116. The van der Waals surface area contributed by atoms with Gasteiger partial charge in [-0.05, 0) is 38.5 Å². The minimum absolute atomic E-state index is 0.0461. The molecule has 0 aromatic heterocycles. The van der Waals surface area contributed by atoms with Crippen molar-refractivity contribution in [1.82, 2.24) is 0 Å². The highest BCUT2D eigenvalue weighted by Gasteiger charge is 2.47. The summed E-state index contributed by atoms with van der Waals surface area (Å²) in [5, 5.41) is 0. The van der Waals surface area contributed by atoms with Crippen molar-refractivity contribution in [3.8, 4) is 0 Å². The van der Waals surface area contributed by atoms with Crippen LogP contribution in [0.1, 0.15) is 39.0 Å². The van der Waals surface area contributed by atoms with Crippen LogP contribution in [0, 0.1) is 5.92 Å². The summed E-state index contributed by atoms with van der Waals surface area (Å²) in [6.45, 7) is 5.43. The molecule has 1 spiro atoms. The maximum atomic E-state index is 6.52. The maximum Gasteiger partial charge on any atom is 0.0939 e. The molecule has 3 heterocycles. The first kappa shape index (κ1) is 12.9. The van der Waals surface area contributed by atoms with Gasteiger partial charge in [-0.3, -0.25) is 0 Å². The molecule has 0 aliphatic carbocycles. The molecule has 18 heavy (non-hydrogen) atoms. The Morgan fingerprint density at radius 2 is 2.06 bits per heavy atom. The number of nitrogens with two attached hydrogens (primary N) is 1. The lowest BCUT2D eigenvalue weighted by atomic mass is 9.75. The molecule has 3 saturated heterocycles. The second kappa shape index (κ2) is 4.75. The van der Waals surface area contributed by atoms with E-state index in [1.54, 1.807) is 0 Å². The highest BCUT2D eigenvalue weighted by molar-refractivity contribution is 5.00. The Morgan fingerprint density at radius 1 is 1.17 bits per heavy atom. The molecule has 0 bridgehead atoms. The Balaban J connectivity index is 1.68. The van der Waals surface area contributed by atoms with Crippen molar-refractivity contribution >= 4 is 0 Å². The molecular weight excluding hydrogens is 230 g/mol. The Bertz CT molecular complexity index is 285. The molecule has 4 heteroatoms. The van der Waals surface area contributed by atoms with Gasteiger partial charge in [0.1, 0.15) is 0 Å². The topological polar surface area (TPSA) is 53.7 Å². The minimum atomic E-state index is -0.122. The van der Waals surface area contributed by atoms with E-state index in [-0.39, 0.29) is 17.2 Å². The van der Waals surface area contributed by atoms with E-state index < -0.39 is 0 Å². The average Bonchev–Trinajstić information content (AvgIpc) is 2.99. The van der Waals surface area contributed by atoms with Crippen molar-refractivity contribution in [2.24, 2.45) is 11.7 Å². The number of rotatable bonds is 2. The van der Waals surface area contributed by atoms with Crippen LogP contribution >= 0.6 is 0 Å². The number of hydrogen-bond donors (Lipinski definition) is 1. The maximum absolute atomic E-state index is 6.52. The fraction of sp³-hybridized carbons (Fsp3) is 1.00. The third-order valence-electron chi connectivity index (χ3n) is 5.06. The van der Waals surface area contributed by atoms with Gasteiger partial charge < -0.3 is 19.9 Å². The van der Waals surface area contributed by atoms with Crippen molar-refractivity contribution in [1.29, 1.82) is 0 Å². The van der Waals surface area contributed by atoms with Gasteiger partial charge in [-0.2, -0.15) is 0 Å². The van der Waals surface area contributed by atoms with Gasteiger partial charge in [0.2, 0.25) is 0 Å². The molecule has 104 valence electrons. The van der Waals surface area contributed by atoms with Crippen LogP contribution in [0.5, 0.6) is 0 Å². The Kier molecular flexibility index (Phi) is 3.39. The molecule has 2 N–H and O–H groups in total. The summed E-state index contributed by atoms with van der Waals surface area (Å²) < 4.78 is 17.4. The van der Waals surface area contributed by atoms with Crippen molar-refractivity contribution in [2.75, 3.05) is 26.4 Å². The molecule has 3 rings (SSSR count). The van der Waals surface area contributed by atoms with Crippen LogP contribution in [-0.2, 0) is 14.2 Å². The normalized spacial score (nSPS) is 46.7. The van der Waals surface area contributed by atoms with Gasteiger partial charge in [0, 0.05) is 32.3 Å². The van der Waals surface area contributed by atoms with Gasteiger partial charge >= 0.3 is 0 Å². The van der Waals surface area contributed by atoms with E-state index in [1.165, 1.54) is 0 Å². The van der Waals surface area contributed by atoms with Crippen LogP contribution in [0.3, 0.4) is 0 Å². The van der Waals surface area contributed by atoms with Crippen LogP contribution in [0.2, 0.25) is 0 Å². The third-order valence-corrected chi connectivity index (χ3v) is 5.06. The summed E-state index contributed by atoms with van der Waals surface area (Å²) in [7, 11) is 0. The Morgan fingerprint density at radius 3 is 2.72 bits per heavy atom. The van der Waals surface area contributed by atoms with Crippen molar-refractivity contribution in [3.63, 3.8) is 0 Å². The Hall–Kier alpha value is -0.160. The highest BCUT2D eigenvalue weighted by Crippen LogP contribution is 2.41. The molecule has 0 amide bonds. The van der Waals surface area contributed by atoms with Crippen molar-refractivity contribution < 1.29 is 14.2 Å². The first-order valence-corrected chi connectivity index (χ1v) is 7.25. The largest absolute Gasteiger partial charge is 0.378 e. The van der Waals surface area contributed by atoms with E-state index in [0.29, 0.717) is 5.92 Å². The molecule has 4 unspecified atom stereocenters. The molecule has 0 aromatic carbocycles. The molecule has 4 nitrogen and oxygen atoms in total. The van der Waals surface area contributed by atoms with Crippen LogP contribution in [0.25, 0.3) is 0 Å². The SMILES string of the molecule is CC1(C(N)C2CCOC3(CCOC3)C2)CCCO1. The minimum Gasteiger partial charge on any atom is -0.378 e. The molecule has 0 saturated carbocycles. The summed E-state index contributed by atoms with van der Waals surface area (Å²) in [6.07, 6.45) is 5.35. The molecular formula is C14H25NO3. The molecule has 3 fully saturated rings. The van der Waals surface area contributed by atoms with Crippen molar-refractivity contribution in [2.45, 2.75) is 56.3 Å². The lowest BCUT2D eigenvalue weighted by Gasteiger charge is -2.43. The number of hydrogen-bond acceptors (Lipinski definition) is 4. The van der Waals surface area contributed by atoms with E-state index in [4.69, 9.17) is 19.9 Å². The van der Waals surface area contributed by atoms with Gasteiger partial charge in [-0.15, -0.1) is 0 Å². The van der Waals surface area contributed by atoms with Gasteiger partial charge in [0.05, 0.1) is 17.8 Å². The van der Waals surface area contributed by atoms with Crippen LogP contribution in [0.4, 0.5) is 0 Å². The predicted molar refractivity (Wildman–Crippen MR) is 68.4 cm³/mol. The van der Waals surface area contributed by atoms with E-state index in [9.17, 15) is 0 Å². The van der Waals surface area contributed by atoms with E-state index in [1.807, 2.05) is 0 Å². The van der Waals surface area contributed by atoms with E-state index in [2.05, 4.69) is 6.92 Å². The third kappa shape index (κ3) is 2.20. The van der Waals surface area contributed by atoms with Gasteiger partial charge in [-0.25, -0.2) is 0 Å². The molecule has 0 radical (unpaired) electrons. The molecule has 3 aliphatic heterocycles. The van der Waals surface area contributed by atoms with Crippen LogP contribution in [-0.4, -0.2) is 43.7 Å². The van der Waals surface area contributed by atoms with Gasteiger partial charge in [0.25, 0.3) is 0 Å². The lowest BCUT2D eigenvalue weighted by Crippen LogP contribution is -2.54. The predicted octanol–water partition coefficient (Wildman–Crippen LogP) is 1.47. The molecule has 0 aromatic rings. The summed E-state index contributed by atoms with van der Waals surface area (Å²) in [5.41, 5.74) is 6.35. The second-order valence-electron chi connectivity index (χ2n) is 6.38. The zero-order chi connectivity index (χ0) is 12.6. The fourth-order valence-electron chi connectivity index (χ4n) is 3.80. The first-order chi connectivity index (χ1) is 8.64. The second-order valence-corrected chi connectivity index (χ2v) is 6.38. The zero-order valence-electron chi connectivity index (χ0n) is 11.3. The smallest absolute Gasteiger partial charge is 0.0939 e.